The van der Waals surface area contributed by atoms with Gasteiger partial charge in [-0.15, -0.1) is 0 Å². The second-order valence-corrected chi connectivity index (χ2v) is 9.92. The van der Waals surface area contributed by atoms with Gasteiger partial charge in [0.25, 0.3) is 0 Å². The van der Waals surface area contributed by atoms with Crippen molar-refractivity contribution < 1.29 is 19.1 Å². The maximum Gasteiger partial charge on any atom is 0.323 e. The van der Waals surface area contributed by atoms with Gasteiger partial charge in [0.05, 0.1) is 12.1 Å². The zero-order valence-electron chi connectivity index (χ0n) is 21.7. The minimum atomic E-state index is -0.433. The van der Waals surface area contributed by atoms with E-state index in [9.17, 15) is 14.4 Å². The maximum absolute atomic E-state index is 12.4. The lowest BCUT2D eigenvalue weighted by molar-refractivity contribution is -0.148. The largest absolute Gasteiger partial charge is 0.465 e. The standard InChI is InChI=1S/C28H31BrN6O4/c1-2-39-28(38)24-8-4-14-35(24)15-5-13-30-25(36)11-12-26(37)33-21-9-10-23-22(17-21)27(32-18-31-23)34-20-7-3-6-19(29)16-20/h3,6-7,9-12,16-18,24H,2,4-5,8,13-15H2,1H3,(H,30,36)(H,33,37)(H,31,32,34)/b12-11+. The smallest absolute Gasteiger partial charge is 0.323 e. The first-order valence-corrected chi connectivity index (χ1v) is 13.7. The number of benzene rings is 2. The summed E-state index contributed by atoms with van der Waals surface area (Å²) in [4.78, 5) is 47.4. The van der Waals surface area contributed by atoms with Crippen LogP contribution in [0.25, 0.3) is 10.9 Å². The average Bonchev–Trinajstić information content (AvgIpc) is 3.39. The van der Waals surface area contributed by atoms with E-state index in [4.69, 9.17) is 4.74 Å². The topological polar surface area (TPSA) is 126 Å². The molecule has 10 nitrogen and oxygen atoms in total. The minimum Gasteiger partial charge on any atom is -0.465 e. The number of esters is 1. The molecule has 1 atom stereocenters. The number of halogens is 1. The molecule has 1 aliphatic heterocycles. The summed E-state index contributed by atoms with van der Waals surface area (Å²) in [6.45, 7) is 4.16. The van der Waals surface area contributed by atoms with Crippen LogP contribution in [-0.4, -0.2) is 64.9 Å². The summed E-state index contributed by atoms with van der Waals surface area (Å²) >= 11 is 3.46. The molecule has 39 heavy (non-hydrogen) atoms. The zero-order chi connectivity index (χ0) is 27.6. The van der Waals surface area contributed by atoms with Crippen LogP contribution in [0, 0.1) is 0 Å². The SMILES string of the molecule is CCOC(=O)C1CCCN1CCCNC(=O)/C=C/C(=O)Nc1ccc2ncnc(Nc3cccc(Br)c3)c2c1. The number of rotatable bonds is 11. The number of amides is 2. The van der Waals surface area contributed by atoms with Gasteiger partial charge in [-0.3, -0.25) is 19.3 Å². The number of carbonyl (C=O) groups is 3. The molecule has 0 bridgehead atoms. The van der Waals surface area contributed by atoms with Crippen molar-refractivity contribution in [2.75, 3.05) is 36.9 Å². The molecule has 2 aromatic carbocycles. The van der Waals surface area contributed by atoms with Gasteiger partial charge in [0.1, 0.15) is 18.2 Å². The van der Waals surface area contributed by atoms with Crippen LogP contribution in [0.1, 0.15) is 26.2 Å². The van der Waals surface area contributed by atoms with Gasteiger partial charge in [0.15, 0.2) is 0 Å². The Labute approximate surface area is 235 Å². The van der Waals surface area contributed by atoms with E-state index in [1.165, 1.54) is 18.5 Å². The summed E-state index contributed by atoms with van der Waals surface area (Å²) in [6, 6.07) is 12.8. The summed E-state index contributed by atoms with van der Waals surface area (Å²) in [6.07, 6.45) is 6.33. The molecular weight excluding hydrogens is 564 g/mol. The van der Waals surface area contributed by atoms with Gasteiger partial charge < -0.3 is 20.7 Å². The Morgan fingerprint density at radius 2 is 1.95 bits per heavy atom. The van der Waals surface area contributed by atoms with Crippen LogP contribution < -0.4 is 16.0 Å². The third kappa shape index (κ3) is 8.08. The highest BCUT2D eigenvalue weighted by atomic mass is 79.9. The molecule has 3 aromatic rings. The van der Waals surface area contributed by atoms with Gasteiger partial charge >= 0.3 is 5.97 Å². The lowest BCUT2D eigenvalue weighted by Crippen LogP contribution is -2.39. The summed E-state index contributed by atoms with van der Waals surface area (Å²) in [7, 11) is 0. The predicted molar refractivity (Wildman–Crippen MR) is 154 cm³/mol. The van der Waals surface area contributed by atoms with Crippen LogP contribution in [0.4, 0.5) is 17.2 Å². The van der Waals surface area contributed by atoms with Crippen molar-refractivity contribution in [1.29, 1.82) is 0 Å². The van der Waals surface area contributed by atoms with Gasteiger partial charge in [-0.25, -0.2) is 9.97 Å². The first-order valence-electron chi connectivity index (χ1n) is 12.9. The highest BCUT2D eigenvalue weighted by molar-refractivity contribution is 9.10. The first-order chi connectivity index (χ1) is 18.9. The number of anilines is 3. The van der Waals surface area contributed by atoms with Gasteiger partial charge in [0.2, 0.25) is 11.8 Å². The third-order valence-corrected chi connectivity index (χ3v) is 6.71. The van der Waals surface area contributed by atoms with Crippen LogP contribution in [0.3, 0.4) is 0 Å². The fourth-order valence-corrected chi connectivity index (χ4v) is 4.82. The first kappa shape index (κ1) is 28.2. The Bertz CT molecular complexity index is 1360. The van der Waals surface area contributed by atoms with E-state index in [0.717, 1.165) is 40.4 Å². The van der Waals surface area contributed by atoms with Crippen molar-refractivity contribution in [3.05, 3.63) is 65.4 Å². The third-order valence-electron chi connectivity index (χ3n) is 6.22. The second kappa shape index (κ2) is 13.8. The van der Waals surface area contributed by atoms with Crippen molar-refractivity contribution in [2.45, 2.75) is 32.2 Å². The van der Waals surface area contributed by atoms with E-state index in [0.29, 0.717) is 37.6 Å². The Morgan fingerprint density at radius 1 is 1.10 bits per heavy atom. The number of hydrogen-bond acceptors (Lipinski definition) is 8. The number of nitrogens with zero attached hydrogens (tertiary/aromatic N) is 3. The Morgan fingerprint density at radius 3 is 2.77 bits per heavy atom. The van der Waals surface area contributed by atoms with E-state index in [1.54, 1.807) is 25.1 Å². The molecule has 2 amide bonds. The molecule has 1 saturated heterocycles. The summed E-state index contributed by atoms with van der Waals surface area (Å²) in [5.74, 6) is -0.367. The van der Waals surface area contributed by atoms with Crippen molar-refractivity contribution >= 4 is 61.8 Å². The van der Waals surface area contributed by atoms with Crippen molar-refractivity contribution in [2.24, 2.45) is 0 Å². The molecule has 1 aromatic heterocycles. The molecule has 0 radical (unpaired) electrons. The van der Waals surface area contributed by atoms with Gasteiger partial charge in [0, 0.05) is 46.5 Å². The molecule has 0 aliphatic carbocycles. The van der Waals surface area contributed by atoms with E-state index in [-0.39, 0.29) is 17.9 Å². The number of hydrogen-bond donors (Lipinski definition) is 3. The lowest BCUT2D eigenvalue weighted by Gasteiger charge is -2.22. The normalized spacial score (nSPS) is 15.4. The van der Waals surface area contributed by atoms with Crippen LogP contribution in [0.15, 0.2) is 65.4 Å². The summed E-state index contributed by atoms with van der Waals surface area (Å²) in [5, 5.41) is 9.56. The van der Waals surface area contributed by atoms with Crippen LogP contribution in [0.5, 0.6) is 0 Å². The molecule has 204 valence electrons. The lowest BCUT2D eigenvalue weighted by atomic mass is 10.2. The molecule has 2 heterocycles. The van der Waals surface area contributed by atoms with Gasteiger partial charge in [-0.1, -0.05) is 22.0 Å². The molecule has 3 N–H and O–H groups in total. The highest BCUT2D eigenvalue weighted by Gasteiger charge is 2.31. The Hall–Kier alpha value is -3.83. The molecule has 1 fully saturated rings. The van der Waals surface area contributed by atoms with Crippen molar-refractivity contribution in [3.8, 4) is 0 Å². The van der Waals surface area contributed by atoms with Crippen molar-refractivity contribution in [1.82, 2.24) is 20.2 Å². The van der Waals surface area contributed by atoms with E-state index < -0.39 is 5.91 Å². The number of ether oxygens (including phenoxy) is 1. The number of likely N-dealkylation sites (tertiary alicyclic amines) is 1. The van der Waals surface area contributed by atoms with Crippen LogP contribution >= 0.6 is 15.9 Å². The minimum absolute atomic E-state index is 0.177. The molecule has 0 saturated carbocycles. The maximum atomic E-state index is 12.4. The quantitative estimate of drug-likeness (QED) is 0.172. The molecule has 0 spiro atoms. The molecule has 4 rings (SSSR count). The second-order valence-electron chi connectivity index (χ2n) is 9.00. The Kier molecular flexibility index (Phi) is 9.98. The molecule has 1 unspecified atom stereocenters. The number of aromatic nitrogens is 2. The highest BCUT2D eigenvalue weighted by Crippen LogP contribution is 2.27. The zero-order valence-corrected chi connectivity index (χ0v) is 23.2. The van der Waals surface area contributed by atoms with Gasteiger partial charge in [-0.2, -0.15) is 0 Å². The van der Waals surface area contributed by atoms with Crippen molar-refractivity contribution in [3.63, 3.8) is 0 Å². The fraction of sp³-hybridized carbons (Fsp3) is 0.321. The van der Waals surface area contributed by atoms with Crippen LogP contribution in [-0.2, 0) is 19.1 Å². The number of nitrogens with one attached hydrogen (secondary N) is 3. The summed E-state index contributed by atoms with van der Waals surface area (Å²) in [5.41, 5.74) is 2.12. The van der Waals surface area contributed by atoms with E-state index in [1.807, 2.05) is 24.3 Å². The molecular formula is C28H31BrN6O4. The van der Waals surface area contributed by atoms with Crippen LogP contribution in [0.2, 0.25) is 0 Å². The summed E-state index contributed by atoms with van der Waals surface area (Å²) < 4.78 is 6.08. The molecule has 11 heteroatoms. The average molecular weight is 595 g/mol. The Balaban J connectivity index is 1.26. The number of fused-ring (bicyclic) bond motifs is 1. The van der Waals surface area contributed by atoms with E-state index >= 15 is 0 Å². The monoisotopic (exact) mass is 594 g/mol. The van der Waals surface area contributed by atoms with Gasteiger partial charge in [-0.05, 0) is 69.1 Å². The predicted octanol–water partition coefficient (Wildman–Crippen LogP) is 4.16. The fourth-order valence-electron chi connectivity index (χ4n) is 4.42. The molecule has 1 aliphatic rings. The van der Waals surface area contributed by atoms with E-state index in [2.05, 4.69) is 46.7 Å². The number of carbonyl (C=O) groups excluding carboxylic acids is 3.